The van der Waals surface area contributed by atoms with Crippen molar-refractivity contribution in [1.82, 2.24) is 4.90 Å². The molecule has 0 heterocycles. The maximum atomic E-state index is 5.97. The van der Waals surface area contributed by atoms with E-state index in [4.69, 9.17) is 5.73 Å². The minimum absolute atomic E-state index is 0.393. The van der Waals surface area contributed by atoms with Crippen LogP contribution in [-0.4, -0.2) is 42.6 Å². The van der Waals surface area contributed by atoms with Crippen LogP contribution < -0.4 is 5.73 Å². The van der Waals surface area contributed by atoms with Crippen molar-refractivity contribution in [1.29, 1.82) is 0 Å². The van der Waals surface area contributed by atoms with Crippen molar-refractivity contribution < 1.29 is 0 Å². The maximum absolute atomic E-state index is 5.97. The summed E-state index contributed by atoms with van der Waals surface area (Å²) in [5, 5.41) is 0. The third-order valence-corrected chi connectivity index (χ3v) is 3.49. The van der Waals surface area contributed by atoms with Gasteiger partial charge >= 0.3 is 0 Å². The van der Waals surface area contributed by atoms with Gasteiger partial charge in [0.25, 0.3) is 0 Å². The Balaban J connectivity index is 3.56. The fourth-order valence-corrected chi connectivity index (χ4v) is 2.21. The molecule has 0 aromatic rings. The summed E-state index contributed by atoms with van der Waals surface area (Å²) in [4.78, 5) is 2.41. The van der Waals surface area contributed by atoms with Crippen molar-refractivity contribution in [3.63, 3.8) is 0 Å². The zero-order valence-corrected chi connectivity index (χ0v) is 10.9. The number of nitrogens with zero attached hydrogens (tertiary/aromatic N) is 1. The van der Waals surface area contributed by atoms with Crippen molar-refractivity contribution in [2.45, 2.75) is 45.2 Å². The first-order valence-corrected chi connectivity index (χ1v) is 6.95. The Hall–Kier alpha value is 0.270. The molecule has 86 valence electrons. The van der Waals surface area contributed by atoms with E-state index in [-0.39, 0.29) is 0 Å². The molecule has 0 aromatic heterocycles. The third kappa shape index (κ3) is 6.68. The van der Waals surface area contributed by atoms with Gasteiger partial charge in [-0.15, -0.1) is 0 Å². The lowest BCUT2D eigenvalue weighted by molar-refractivity contribution is 0.264. The lowest BCUT2D eigenvalue weighted by Gasteiger charge is -2.25. The van der Waals surface area contributed by atoms with Gasteiger partial charge < -0.3 is 10.6 Å². The summed E-state index contributed by atoms with van der Waals surface area (Å²) < 4.78 is 0. The van der Waals surface area contributed by atoms with Gasteiger partial charge in [-0.2, -0.15) is 11.8 Å². The van der Waals surface area contributed by atoms with Crippen molar-refractivity contribution in [3.8, 4) is 0 Å². The van der Waals surface area contributed by atoms with Gasteiger partial charge in [-0.1, -0.05) is 13.3 Å². The monoisotopic (exact) mass is 218 g/mol. The van der Waals surface area contributed by atoms with Crippen LogP contribution in [0.3, 0.4) is 0 Å². The van der Waals surface area contributed by atoms with Crippen molar-refractivity contribution in [2.24, 2.45) is 5.73 Å². The molecule has 0 rings (SSSR count). The Morgan fingerprint density at radius 3 is 2.50 bits per heavy atom. The van der Waals surface area contributed by atoms with E-state index in [0.29, 0.717) is 12.1 Å². The molecule has 3 heteroatoms. The Bertz CT molecular complexity index is 130. The molecule has 2 N–H and O–H groups in total. The molecule has 0 fully saturated rings. The molecule has 0 saturated heterocycles. The highest BCUT2D eigenvalue weighted by molar-refractivity contribution is 7.98. The van der Waals surface area contributed by atoms with E-state index in [1.54, 1.807) is 0 Å². The molecule has 0 aromatic carbocycles. The SMILES string of the molecule is CCCC(N)CCN(C)C(C)CSC. The second-order valence-corrected chi connectivity index (χ2v) is 5.03. The highest BCUT2D eigenvalue weighted by Crippen LogP contribution is 2.06. The summed E-state index contributed by atoms with van der Waals surface area (Å²) in [6.45, 7) is 5.60. The average molecular weight is 218 g/mol. The van der Waals surface area contributed by atoms with Crippen LogP contribution in [0.4, 0.5) is 0 Å². The van der Waals surface area contributed by atoms with Gasteiger partial charge in [0, 0.05) is 17.8 Å². The van der Waals surface area contributed by atoms with E-state index in [0.717, 1.165) is 19.4 Å². The molecule has 0 aliphatic rings. The fraction of sp³-hybridized carbons (Fsp3) is 1.00. The second-order valence-electron chi connectivity index (χ2n) is 4.12. The second kappa shape index (κ2) is 8.57. The van der Waals surface area contributed by atoms with Gasteiger partial charge in [0.2, 0.25) is 0 Å². The molecule has 0 radical (unpaired) electrons. The van der Waals surface area contributed by atoms with Crippen LogP contribution >= 0.6 is 11.8 Å². The van der Waals surface area contributed by atoms with E-state index < -0.39 is 0 Å². The molecule has 2 unspecified atom stereocenters. The molecular weight excluding hydrogens is 192 g/mol. The summed E-state index contributed by atoms with van der Waals surface area (Å²) in [6.07, 6.45) is 5.65. The van der Waals surface area contributed by atoms with Gasteiger partial charge in [-0.25, -0.2) is 0 Å². The Labute approximate surface area is 93.6 Å². The van der Waals surface area contributed by atoms with E-state index in [9.17, 15) is 0 Å². The minimum Gasteiger partial charge on any atom is -0.328 e. The molecule has 2 atom stereocenters. The van der Waals surface area contributed by atoms with E-state index in [1.165, 1.54) is 12.2 Å². The lowest BCUT2D eigenvalue weighted by atomic mass is 10.1. The van der Waals surface area contributed by atoms with Crippen LogP contribution in [0.15, 0.2) is 0 Å². The minimum atomic E-state index is 0.393. The maximum Gasteiger partial charge on any atom is 0.0154 e. The van der Waals surface area contributed by atoms with Crippen LogP contribution in [0.2, 0.25) is 0 Å². The predicted octanol–water partition coefficient (Wildman–Crippen LogP) is 2.19. The molecule has 0 bridgehead atoms. The van der Waals surface area contributed by atoms with Crippen LogP contribution in [0.25, 0.3) is 0 Å². The first kappa shape index (κ1) is 14.3. The highest BCUT2D eigenvalue weighted by atomic mass is 32.2. The van der Waals surface area contributed by atoms with Crippen molar-refractivity contribution in [2.75, 3.05) is 25.6 Å². The predicted molar refractivity (Wildman–Crippen MR) is 68.0 cm³/mol. The molecule has 14 heavy (non-hydrogen) atoms. The average Bonchev–Trinajstić information content (AvgIpc) is 2.15. The highest BCUT2D eigenvalue weighted by Gasteiger charge is 2.09. The van der Waals surface area contributed by atoms with Crippen LogP contribution in [0.5, 0.6) is 0 Å². The largest absolute Gasteiger partial charge is 0.328 e. The van der Waals surface area contributed by atoms with Gasteiger partial charge in [-0.05, 0) is 39.6 Å². The number of hydrogen-bond donors (Lipinski definition) is 1. The quantitative estimate of drug-likeness (QED) is 0.677. The summed E-state index contributed by atoms with van der Waals surface area (Å²) in [7, 11) is 2.19. The summed E-state index contributed by atoms with van der Waals surface area (Å²) in [5.74, 6) is 1.21. The molecule has 0 aliphatic heterocycles. The molecule has 2 nitrogen and oxygen atoms in total. The lowest BCUT2D eigenvalue weighted by Crippen LogP contribution is -2.35. The first-order valence-electron chi connectivity index (χ1n) is 5.56. The molecule has 0 amide bonds. The Morgan fingerprint density at radius 1 is 1.36 bits per heavy atom. The number of nitrogens with two attached hydrogens (primary N) is 1. The third-order valence-electron chi connectivity index (χ3n) is 2.67. The Morgan fingerprint density at radius 2 is 2.00 bits per heavy atom. The number of thioether (sulfide) groups is 1. The zero-order valence-electron chi connectivity index (χ0n) is 10.1. The van der Waals surface area contributed by atoms with E-state index in [1.807, 2.05) is 11.8 Å². The van der Waals surface area contributed by atoms with Crippen molar-refractivity contribution in [3.05, 3.63) is 0 Å². The summed E-state index contributed by atoms with van der Waals surface area (Å²) in [5.41, 5.74) is 5.97. The van der Waals surface area contributed by atoms with Gasteiger partial charge in [0.1, 0.15) is 0 Å². The van der Waals surface area contributed by atoms with Crippen LogP contribution in [0, 0.1) is 0 Å². The fourth-order valence-electron chi connectivity index (χ4n) is 1.47. The van der Waals surface area contributed by atoms with Crippen LogP contribution in [-0.2, 0) is 0 Å². The smallest absolute Gasteiger partial charge is 0.0154 e. The first-order chi connectivity index (χ1) is 6.61. The topological polar surface area (TPSA) is 29.3 Å². The van der Waals surface area contributed by atoms with Gasteiger partial charge in [-0.3, -0.25) is 0 Å². The summed E-state index contributed by atoms with van der Waals surface area (Å²) in [6, 6.07) is 1.06. The van der Waals surface area contributed by atoms with Crippen molar-refractivity contribution >= 4 is 11.8 Å². The standard InChI is InChI=1S/C11H26N2S/c1-5-6-11(12)7-8-13(3)10(2)9-14-4/h10-11H,5-9,12H2,1-4H3. The number of rotatable bonds is 8. The molecular formula is C11H26N2S. The summed E-state index contributed by atoms with van der Waals surface area (Å²) >= 11 is 1.91. The van der Waals surface area contributed by atoms with E-state index in [2.05, 4.69) is 32.1 Å². The van der Waals surface area contributed by atoms with Crippen LogP contribution in [0.1, 0.15) is 33.1 Å². The Kier molecular flexibility index (Phi) is 8.73. The number of hydrogen-bond acceptors (Lipinski definition) is 3. The molecule has 0 saturated carbocycles. The van der Waals surface area contributed by atoms with Gasteiger partial charge in [0.15, 0.2) is 0 Å². The zero-order chi connectivity index (χ0) is 11.0. The molecule has 0 spiro atoms. The normalized spacial score (nSPS) is 15.9. The van der Waals surface area contributed by atoms with Gasteiger partial charge in [0.05, 0.1) is 0 Å². The van der Waals surface area contributed by atoms with E-state index >= 15 is 0 Å². The molecule has 0 aliphatic carbocycles.